The topological polar surface area (TPSA) is 23.6 Å². The van der Waals surface area contributed by atoms with E-state index < -0.39 is 0 Å². The van der Waals surface area contributed by atoms with E-state index in [1.54, 1.807) is 6.08 Å². The monoisotopic (exact) mass is 342 g/mol. The van der Waals surface area contributed by atoms with Crippen LogP contribution in [0.15, 0.2) is 49.1 Å². The van der Waals surface area contributed by atoms with Crippen molar-refractivity contribution in [3.05, 3.63) is 49.1 Å². The van der Waals surface area contributed by atoms with Crippen LogP contribution >= 0.6 is 0 Å². The Bertz CT molecular complexity index is 557. The maximum Gasteiger partial charge on any atom is 0.227 e. The lowest BCUT2D eigenvalue weighted by molar-refractivity contribution is -0.142. The first-order valence-electron chi connectivity index (χ1n) is 9.47. The lowest BCUT2D eigenvalue weighted by Gasteiger charge is -2.46. The largest absolute Gasteiger partial charge is 0.342 e. The summed E-state index contributed by atoms with van der Waals surface area (Å²) in [6, 6.07) is 0. The fourth-order valence-corrected chi connectivity index (χ4v) is 4.07. The van der Waals surface area contributed by atoms with E-state index in [0.717, 1.165) is 39.0 Å². The number of hydrogen-bond acceptors (Lipinski definition) is 2. The fourth-order valence-electron chi connectivity index (χ4n) is 4.07. The first-order valence-corrected chi connectivity index (χ1v) is 9.47. The minimum Gasteiger partial charge on any atom is -0.342 e. The highest BCUT2D eigenvalue weighted by atomic mass is 16.2. The summed E-state index contributed by atoms with van der Waals surface area (Å²) in [6.45, 7) is 17.6. The van der Waals surface area contributed by atoms with Crippen molar-refractivity contribution in [1.29, 1.82) is 0 Å². The summed E-state index contributed by atoms with van der Waals surface area (Å²) >= 11 is 0. The van der Waals surface area contributed by atoms with Gasteiger partial charge in [-0.15, -0.1) is 0 Å². The quantitative estimate of drug-likeness (QED) is 0.694. The summed E-state index contributed by atoms with van der Waals surface area (Å²) in [5.74, 6) is 0.285. The second-order valence-electron chi connectivity index (χ2n) is 8.36. The molecule has 0 unspecified atom stereocenters. The summed E-state index contributed by atoms with van der Waals surface area (Å²) in [7, 11) is 0. The van der Waals surface area contributed by atoms with E-state index in [-0.39, 0.29) is 16.9 Å². The van der Waals surface area contributed by atoms with E-state index in [2.05, 4.69) is 29.0 Å². The molecule has 25 heavy (non-hydrogen) atoms. The van der Waals surface area contributed by atoms with Gasteiger partial charge in [0.15, 0.2) is 0 Å². The van der Waals surface area contributed by atoms with Crippen molar-refractivity contribution in [2.75, 3.05) is 26.2 Å². The second kappa shape index (κ2) is 8.18. The minimum atomic E-state index is -0.282. The fraction of sp³-hybridized carbons (Fsp3) is 0.591. The third-order valence-electron chi connectivity index (χ3n) is 5.56. The standard InChI is InChI=1S/C22H34N2O/c1-6-8-9-11-19(7-2)18-24-15-10-12-22(24)13-16-23(17-14-22)20(25)21(3,4)5/h6-9,11H,1-2,10,12-18H2,3-5H3/b9-8-,19-11+. The van der Waals surface area contributed by atoms with E-state index in [9.17, 15) is 4.79 Å². The molecule has 2 rings (SSSR count). The number of rotatable bonds is 5. The molecule has 0 saturated carbocycles. The average Bonchev–Trinajstić information content (AvgIpc) is 2.95. The summed E-state index contributed by atoms with van der Waals surface area (Å²) in [5.41, 5.74) is 1.22. The molecular weight excluding hydrogens is 308 g/mol. The van der Waals surface area contributed by atoms with E-state index in [1.165, 1.54) is 18.4 Å². The molecule has 1 spiro atoms. The van der Waals surface area contributed by atoms with Crippen LogP contribution in [0, 0.1) is 5.41 Å². The van der Waals surface area contributed by atoms with Crippen molar-refractivity contribution < 1.29 is 4.79 Å². The third-order valence-corrected chi connectivity index (χ3v) is 5.56. The number of carbonyl (C=O) groups is 1. The van der Waals surface area contributed by atoms with Crippen molar-refractivity contribution in [2.24, 2.45) is 5.41 Å². The molecule has 2 saturated heterocycles. The van der Waals surface area contributed by atoms with Gasteiger partial charge in [-0.2, -0.15) is 0 Å². The first kappa shape index (κ1) is 19.7. The van der Waals surface area contributed by atoms with Crippen LogP contribution in [0.2, 0.25) is 0 Å². The van der Waals surface area contributed by atoms with Gasteiger partial charge in [-0.1, -0.05) is 64.3 Å². The third kappa shape index (κ3) is 4.72. The van der Waals surface area contributed by atoms with Crippen LogP contribution in [-0.2, 0) is 4.79 Å². The predicted octanol–water partition coefficient (Wildman–Crippen LogP) is 4.34. The molecule has 3 heteroatoms. The van der Waals surface area contributed by atoms with Gasteiger partial charge in [-0.3, -0.25) is 9.69 Å². The minimum absolute atomic E-state index is 0.263. The molecule has 2 aliphatic rings. The Morgan fingerprint density at radius 3 is 2.32 bits per heavy atom. The molecule has 0 atom stereocenters. The van der Waals surface area contributed by atoms with Crippen molar-refractivity contribution >= 4 is 5.91 Å². The van der Waals surface area contributed by atoms with Crippen molar-refractivity contribution in [2.45, 2.75) is 52.0 Å². The zero-order chi connectivity index (χ0) is 18.5. The predicted molar refractivity (Wildman–Crippen MR) is 106 cm³/mol. The van der Waals surface area contributed by atoms with Gasteiger partial charge in [0.05, 0.1) is 0 Å². The zero-order valence-electron chi connectivity index (χ0n) is 16.3. The number of likely N-dealkylation sites (tertiary alicyclic amines) is 2. The normalized spacial score (nSPS) is 21.9. The number of amides is 1. The van der Waals surface area contributed by atoms with Crippen LogP contribution in [0.3, 0.4) is 0 Å². The summed E-state index contributed by atoms with van der Waals surface area (Å²) < 4.78 is 0. The van der Waals surface area contributed by atoms with Gasteiger partial charge in [0.1, 0.15) is 0 Å². The highest BCUT2D eigenvalue weighted by Crippen LogP contribution is 2.39. The van der Waals surface area contributed by atoms with Crippen molar-refractivity contribution in [1.82, 2.24) is 9.80 Å². The van der Waals surface area contributed by atoms with E-state index in [0.29, 0.717) is 0 Å². The number of allylic oxidation sites excluding steroid dienone is 4. The van der Waals surface area contributed by atoms with E-state index in [1.807, 2.05) is 39.0 Å². The lowest BCUT2D eigenvalue weighted by Crippen LogP contribution is -2.55. The molecule has 2 aliphatic heterocycles. The van der Waals surface area contributed by atoms with Crippen LogP contribution in [0.5, 0.6) is 0 Å². The zero-order valence-corrected chi connectivity index (χ0v) is 16.3. The molecule has 1 amide bonds. The van der Waals surface area contributed by atoms with Gasteiger partial charge in [0, 0.05) is 30.6 Å². The molecule has 0 aromatic rings. The van der Waals surface area contributed by atoms with Crippen LogP contribution < -0.4 is 0 Å². The number of nitrogens with zero attached hydrogens (tertiary/aromatic N) is 2. The van der Waals surface area contributed by atoms with Gasteiger partial charge in [0.2, 0.25) is 5.91 Å². The lowest BCUT2D eigenvalue weighted by atomic mass is 9.83. The molecule has 0 aromatic heterocycles. The molecule has 0 bridgehead atoms. The summed E-state index contributed by atoms with van der Waals surface area (Å²) in [4.78, 5) is 17.2. The summed E-state index contributed by atoms with van der Waals surface area (Å²) in [6.07, 6.45) is 14.5. The average molecular weight is 343 g/mol. The molecular formula is C22H34N2O. The van der Waals surface area contributed by atoms with Crippen LogP contribution in [0.25, 0.3) is 0 Å². The molecule has 0 aliphatic carbocycles. The van der Waals surface area contributed by atoms with Gasteiger partial charge in [-0.05, 0) is 37.8 Å². The molecule has 2 heterocycles. The van der Waals surface area contributed by atoms with Gasteiger partial charge in [0.25, 0.3) is 0 Å². The molecule has 0 aromatic carbocycles. The Labute approximate surface area is 153 Å². The Hall–Kier alpha value is -1.61. The van der Waals surface area contributed by atoms with Crippen molar-refractivity contribution in [3.63, 3.8) is 0 Å². The smallest absolute Gasteiger partial charge is 0.227 e. The number of hydrogen-bond donors (Lipinski definition) is 0. The Morgan fingerprint density at radius 1 is 1.08 bits per heavy atom. The van der Waals surface area contributed by atoms with Crippen molar-refractivity contribution in [3.8, 4) is 0 Å². The van der Waals surface area contributed by atoms with Crippen LogP contribution in [0.1, 0.15) is 46.5 Å². The maximum atomic E-state index is 12.5. The summed E-state index contributed by atoms with van der Waals surface area (Å²) in [5, 5.41) is 0. The Balaban J connectivity index is 2.03. The maximum absolute atomic E-state index is 12.5. The van der Waals surface area contributed by atoms with E-state index in [4.69, 9.17) is 0 Å². The van der Waals surface area contributed by atoms with Gasteiger partial charge in [-0.25, -0.2) is 0 Å². The van der Waals surface area contributed by atoms with E-state index >= 15 is 0 Å². The SMILES string of the molecule is C=C/C=C\C=C(/C=C)CN1CCCC12CCN(C(=O)C(C)(C)C)CC2. The molecule has 0 radical (unpaired) electrons. The van der Waals surface area contributed by atoms with Crippen LogP contribution in [0.4, 0.5) is 0 Å². The molecule has 2 fully saturated rings. The number of piperidine rings is 1. The molecule has 0 N–H and O–H groups in total. The van der Waals surface area contributed by atoms with Gasteiger partial charge < -0.3 is 4.90 Å². The highest BCUT2D eigenvalue weighted by Gasteiger charge is 2.44. The molecule has 138 valence electrons. The second-order valence-corrected chi connectivity index (χ2v) is 8.36. The van der Waals surface area contributed by atoms with Gasteiger partial charge >= 0.3 is 0 Å². The Morgan fingerprint density at radius 2 is 1.76 bits per heavy atom. The first-order chi connectivity index (χ1) is 11.8. The molecule has 3 nitrogen and oxygen atoms in total. The highest BCUT2D eigenvalue weighted by molar-refractivity contribution is 5.81. The van der Waals surface area contributed by atoms with Crippen LogP contribution in [-0.4, -0.2) is 47.4 Å². The Kier molecular flexibility index (Phi) is 6.45. The number of carbonyl (C=O) groups excluding carboxylic acids is 1.